The minimum atomic E-state index is -0.413. The van der Waals surface area contributed by atoms with Gasteiger partial charge in [0.25, 0.3) is 10.9 Å². The average Bonchev–Trinajstić information content (AvgIpc) is 3.02. The molecular weight excluding hydrogens is 314 g/mol. The summed E-state index contributed by atoms with van der Waals surface area (Å²) in [6.07, 6.45) is 0. The van der Waals surface area contributed by atoms with Crippen LogP contribution < -0.4 is 0 Å². The van der Waals surface area contributed by atoms with Gasteiger partial charge in [-0.1, -0.05) is 42.1 Å². The Balaban J connectivity index is 1.68. The fourth-order valence-electron chi connectivity index (χ4n) is 2.05. The Morgan fingerprint density at radius 3 is 2.57 bits per heavy atom. The summed E-state index contributed by atoms with van der Waals surface area (Å²) in [5.41, 5.74) is 3.03. The molecule has 0 amide bonds. The van der Waals surface area contributed by atoms with Crippen LogP contribution >= 0.6 is 11.8 Å². The van der Waals surface area contributed by atoms with Gasteiger partial charge in [-0.2, -0.15) is 0 Å². The van der Waals surface area contributed by atoms with E-state index in [-0.39, 0.29) is 5.69 Å². The Bertz CT molecular complexity index is 831. The summed E-state index contributed by atoms with van der Waals surface area (Å²) in [6, 6.07) is 14.2. The van der Waals surface area contributed by atoms with Crippen LogP contribution in [-0.2, 0) is 5.75 Å². The van der Waals surface area contributed by atoms with Gasteiger partial charge in [0.05, 0.1) is 4.92 Å². The van der Waals surface area contributed by atoms with E-state index >= 15 is 0 Å². The number of aryl methyl sites for hydroxylation is 1. The number of nitrogens with zero attached hydrogens (tertiary/aromatic N) is 3. The number of benzene rings is 2. The lowest BCUT2D eigenvalue weighted by atomic mass is 10.1. The van der Waals surface area contributed by atoms with Gasteiger partial charge in [0.15, 0.2) is 0 Å². The van der Waals surface area contributed by atoms with E-state index < -0.39 is 4.92 Å². The number of thioether (sulfide) groups is 1. The molecule has 3 aromatic rings. The van der Waals surface area contributed by atoms with Crippen molar-refractivity contribution < 1.29 is 9.34 Å². The second kappa shape index (κ2) is 6.62. The van der Waals surface area contributed by atoms with Crippen LogP contribution in [0.4, 0.5) is 5.69 Å². The Morgan fingerprint density at radius 1 is 1.13 bits per heavy atom. The number of nitro benzene ring substituents is 1. The maximum atomic E-state index is 10.6. The van der Waals surface area contributed by atoms with Crippen LogP contribution in [0, 0.1) is 17.0 Å². The van der Waals surface area contributed by atoms with Crippen molar-refractivity contribution in [3.8, 4) is 11.5 Å². The maximum absolute atomic E-state index is 10.6. The minimum Gasteiger partial charge on any atom is -0.411 e. The molecule has 3 rings (SSSR count). The van der Waals surface area contributed by atoms with E-state index in [1.54, 1.807) is 12.1 Å². The van der Waals surface area contributed by atoms with Crippen molar-refractivity contribution in [3.63, 3.8) is 0 Å². The fourth-order valence-corrected chi connectivity index (χ4v) is 2.77. The van der Waals surface area contributed by atoms with Crippen molar-refractivity contribution in [3.05, 3.63) is 69.8 Å². The molecule has 0 aliphatic carbocycles. The molecule has 116 valence electrons. The zero-order valence-corrected chi connectivity index (χ0v) is 13.1. The van der Waals surface area contributed by atoms with Crippen molar-refractivity contribution in [2.45, 2.75) is 17.9 Å². The highest BCUT2D eigenvalue weighted by molar-refractivity contribution is 7.98. The monoisotopic (exact) mass is 327 g/mol. The smallest absolute Gasteiger partial charge is 0.277 e. The zero-order chi connectivity index (χ0) is 16.2. The predicted molar refractivity (Wildman–Crippen MR) is 87.1 cm³/mol. The Labute approximate surface area is 136 Å². The molecule has 0 aliphatic rings. The van der Waals surface area contributed by atoms with Gasteiger partial charge < -0.3 is 4.42 Å². The summed E-state index contributed by atoms with van der Waals surface area (Å²) in [6.45, 7) is 1.99. The van der Waals surface area contributed by atoms with Crippen molar-refractivity contribution >= 4 is 17.4 Å². The molecule has 0 spiro atoms. The van der Waals surface area contributed by atoms with Crippen LogP contribution in [0.5, 0.6) is 0 Å². The predicted octanol–water partition coefficient (Wildman–Crippen LogP) is 4.25. The summed E-state index contributed by atoms with van der Waals surface area (Å²) < 4.78 is 5.67. The first-order valence-electron chi connectivity index (χ1n) is 6.89. The second-order valence-electron chi connectivity index (χ2n) is 4.90. The van der Waals surface area contributed by atoms with Gasteiger partial charge in [-0.05, 0) is 24.1 Å². The number of rotatable bonds is 5. The first-order chi connectivity index (χ1) is 11.1. The molecule has 1 heterocycles. The topological polar surface area (TPSA) is 82.1 Å². The van der Waals surface area contributed by atoms with Gasteiger partial charge in [0, 0.05) is 23.4 Å². The molecule has 0 saturated heterocycles. The Kier molecular flexibility index (Phi) is 4.38. The minimum absolute atomic E-state index is 0.0818. The van der Waals surface area contributed by atoms with Gasteiger partial charge in [-0.25, -0.2) is 0 Å². The second-order valence-corrected chi connectivity index (χ2v) is 5.83. The largest absolute Gasteiger partial charge is 0.411 e. The molecule has 1 aromatic heterocycles. The van der Waals surface area contributed by atoms with Crippen LogP contribution in [0.2, 0.25) is 0 Å². The van der Waals surface area contributed by atoms with E-state index in [0.717, 1.165) is 16.7 Å². The van der Waals surface area contributed by atoms with Gasteiger partial charge in [0.2, 0.25) is 5.89 Å². The lowest BCUT2D eigenvalue weighted by molar-refractivity contribution is -0.384. The Morgan fingerprint density at radius 2 is 1.87 bits per heavy atom. The van der Waals surface area contributed by atoms with Crippen molar-refractivity contribution in [2.75, 3.05) is 0 Å². The van der Waals surface area contributed by atoms with E-state index in [0.29, 0.717) is 16.9 Å². The van der Waals surface area contributed by atoms with E-state index in [4.69, 9.17) is 4.42 Å². The van der Waals surface area contributed by atoms with Crippen LogP contribution in [0.25, 0.3) is 11.5 Å². The Hall–Kier alpha value is -2.67. The third kappa shape index (κ3) is 3.57. The molecule has 0 N–H and O–H groups in total. The molecule has 0 unspecified atom stereocenters. The highest BCUT2D eigenvalue weighted by Gasteiger charge is 2.11. The molecule has 0 saturated carbocycles. The molecule has 7 heteroatoms. The highest BCUT2D eigenvalue weighted by Crippen LogP contribution is 2.27. The number of nitro groups is 1. The zero-order valence-electron chi connectivity index (χ0n) is 12.3. The van der Waals surface area contributed by atoms with Crippen LogP contribution in [0.1, 0.15) is 11.1 Å². The number of non-ortho nitro benzene ring substituents is 1. The maximum Gasteiger partial charge on any atom is 0.277 e. The molecule has 6 nitrogen and oxygen atoms in total. The fraction of sp³-hybridized carbons (Fsp3) is 0.125. The summed E-state index contributed by atoms with van der Waals surface area (Å²) in [5.74, 6) is 1.10. The van der Waals surface area contributed by atoms with E-state index in [1.165, 1.54) is 23.9 Å². The first-order valence-corrected chi connectivity index (χ1v) is 7.87. The standard InChI is InChI=1S/C16H13N3O3S/c1-11-4-2-3-5-14(11)15-17-18-16(22-15)23-10-12-6-8-13(9-7-12)19(20)21/h2-9H,10H2,1H3. The number of aromatic nitrogens is 2. The third-order valence-electron chi connectivity index (χ3n) is 3.29. The van der Waals surface area contributed by atoms with E-state index in [9.17, 15) is 10.1 Å². The van der Waals surface area contributed by atoms with Crippen molar-refractivity contribution in [1.29, 1.82) is 0 Å². The van der Waals surface area contributed by atoms with Crippen LogP contribution in [0.3, 0.4) is 0 Å². The molecule has 2 aromatic carbocycles. The highest BCUT2D eigenvalue weighted by atomic mass is 32.2. The summed E-state index contributed by atoms with van der Waals surface area (Å²) in [5, 5.41) is 19.2. The molecule has 0 bridgehead atoms. The first kappa shape index (κ1) is 15.2. The average molecular weight is 327 g/mol. The van der Waals surface area contributed by atoms with Gasteiger partial charge in [-0.3, -0.25) is 10.1 Å². The number of hydrogen-bond donors (Lipinski definition) is 0. The van der Waals surface area contributed by atoms with Crippen molar-refractivity contribution in [2.24, 2.45) is 0 Å². The molecular formula is C16H13N3O3S. The third-order valence-corrected chi connectivity index (χ3v) is 4.18. The van der Waals surface area contributed by atoms with Crippen LogP contribution in [-0.4, -0.2) is 15.1 Å². The molecule has 0 atom stereocenters. The quantitative estimate of drug-likeness (QED) is 0.396. The molecule has 23 heavy (non-hydrogen) atoms. The van der Waals surface area contributed by atoms with Crippen LogP contribution in [0.15, 0.2) is 58.2 Å². The lowest BCUT2D eigenvalue weighted by Gasteiger charge is -1.99. The molecule has 0 aliphatic heterocycles. The number of hydrogen-bond acceptors (Lipinski definition) is 6. The molecule has 0 fully saturated rings. The van der Waals surface area contributed by atoms with E-state index in [1.807, 2.05) is 31.2 Å². The summed E-state index contributed by atoms with van der Waals surface area (Å²) in [7, 11) is 0. The van der Waals surface area contributed by atoms with Gasteiger partial charge in [0.1, 0.15) is 0 Å². The van der Waals surface area contributed by atoms with Gasteiger partial charge >= 0.3 is 0 Å². The van der Waals surface area contributed by atoms with Gasteiger partial charge in [-0.15, -0.1) is 10.2 Å². The van der Waals surface area contributed by atoms with E-state index in [2.05, 4.69) is 10.2 Å². The van der Waals surface area contributed by atoms with Crippen molar-refractivity contribution in [1.82, 2.24) is 10.2 Å². The summed E-state index contributed by atoms with van der Waals surface area (Å²) in [4.78, 5) is 10.2. The SMILES string of the molecule is Cc1ccccc1-c1nnc(SCc2ccc([N+](=O)[O-])cc2)o1. The molecule has 0 radical (unpaired) electrons. The lowest BCUT2D eigenvalue weighted by Crippen LogP contribution is -1.88. The summed E-state index contributed by atoms with van der Waals surface area (Å²) >= 11 is 1.40. The normalized spacial score (nSPS) is 10.7.